The van der Waals surface area contributed by atoms with Gasteiger partial charge in [-0.3, -0.25) is 14.6 Å². The van der Waals surface area contributed by atoms with Gasteiger partial charge in [0.15, 0.2) is 0 Å². The molecule has 1 aromatic carbocycles. The summed E-state index contributed by atoms with van der Waals surface area (Å²) in [6.07, 6.45) is 1.53. The van der Waals surface area contributed by atoms with Crippen molar-refractivity contribution in [3.05, 3.63) is 76.0 Å². The number of hydrogen-bond acceptors (Lipinski definition) is 7. The van der Waals surface area contributed by atoms with Crippen molar-refractivity contribution < 1.29 is 27.5 Å². The van der Waals surface area contributed by atoms with Gasteiger partial charge in [0, 0.05) is 37.0 Å². The molecule has 0 radical (unpaired) electrons. The molecule has 0 spiro atoms. The smallest absolute Gasteiger partial charge is 0.381 e. The van der Waals surface area contributed by atoms with Crippen molar-refractivity contribution >= 4 is 46.4 Å². The van der Waals surface area contributed by atoms with E-state index in [2.05, 4.69) is 30.9 Å². The lowest BCUT2D eigenvalue weighted by molar-refractivity contribution is -0.137. The van der Waals surface area contributed by atoms with Gasteiger partial charge in [-0.2, -0.15) is 13.2 Å². The molecule has 2 aromatic heterocycles. The zero-order chi connectivity index (χ0) is 27.5. The number of alkyl halides is 3. The minimum Gasteiger partial charge on any atom is -0.381 e. The predicted molar refractivity (Wildman–Crippen MR) is 135 cm³/mol. The van der Waals surface area contributed by atoms with Gasteiger partial charge in [-0.25, -0.2) is 9.97 Å². The van der Waals surface area contributed by atoms with E-state index in [1.54, 1.807) is 0 Å². The lowest BCUT2D eigenvalue weighted by atomic mass is 10.1. The van der Waals surface area contributed by atoms with Gasteiger partial charge in [-0.05, 0) is 30.7 Å². The number of carbonyl (C=O) groups is 2. The molecule has 14 heteroatoms. The molecule has 9 nitrogen and oxygen atoms in total. The molecule has 0 bridgehead atoms. The average molecular weight is 571 g/mol. The lowest BCUT2D eigenvalue weighted by Crippen LogP contribution is -2.26. The Morgan fingerprint density at radius 3 is 2.47 bits per heavy atom. The molecule has 3 aromatic rings. The molecule has 0 saturated heterocycles. The maximum absolute atomic E-state index is 13.3. The number of benzene rings is 1. The first kappa shape index (κ1) is 29.1. The molecule has 0 saturated carbocycles. The van der Waals surface area contributed by atoms with Crippen LogP contribution in [0.4, 0.5) is 24.5 Å². The topological polar surface area (TPSA) is 118 Å². The first-order valence-corrected chi connectivity index (χ1v) is 12.0. The zero-order valence-corrected chi connectivity index (χ0v) is 21.3. The molecule has 0 atom stereocenters. The second-order valence-electron chi connectivity index (χ2n) is 7.84. The fraction of sp³-hybridized carbons (Fsp3) is 0.292. The molecule has 3 rings (SSSR count). The third-order valence-electron chi connectivity index (χ3n) is 4.98. The molecule has 0 fully saturated rings. The number of amides is 2. The fourth-order valence-corrected chi connectivity index (χ4v) is 3.52. The summed E-state index contributed by atoms with van der Waals surface area (Å²) in [4.78, 5) is 35.6. The van der Waals surface area contributed by atoms with E-state index in [0.29, 0.717) is 30.8 Å². The molecule has 0 aliphatic rings. The van der Waals surface area contributed by atoms with E-state index >= 15 is 0 Å². The maximum atomic E-state index is 13.3. The van der Waals surface area contributed by atoms with Crippen LogP contribution in [-0.2, 0) is 22.3 Å². The van der Waals surface area contributed by atoms with Crippen molar-refractivity contribution in [3.63, 3.8) is 0 Å². The molecule has 202 valence electrons. The Morgan fingerprint density at radius 1 is 1.00 bits per heavy atom. The van der Waals surface area contributed by atoms with Crippen molar-refractivity contribution in [2.75, 3.05) is 25.1 Å². The first-order valence-electron chi connectivity index (χ1n) is 11.3. The first-order chi connectivity index (χ1) is 18.1. The van der Waals surface area contributed by atoms with Gasteiger partial charge in [0.1, 0.15) is 6.33 Å². The quantitative estimate of drug-likeness (QED) is 0.268. The molecular formula is C24H23Cl2F3N6O3. The Kier molecular flexibility index (Phi) is 10.6. The van der Waals surface area contributed by atoms with Crippen LogP contribution in [0.1, 0.15) is 34.5 Å². The van der Waals surface area contributed by atoms with Crippen LogP contribution >= 0.6 is 23.2 Å². The highest BCUT2D eigenvalue weighted by molar-refractivity contribution is 6.31. The maximum Gasteiger partial charge on any atom is 0.418 e. The SMILES string of the molecule is O=C(CCOCCCNC(=O)c1cncnc1)NCc1ncc(Nc2ccc(Cl)cc2C(F)(F)F)cc1Cl. The van der Waals surface area contributed by atoms with Gasteiger partial charge in [0.05, 0.1) is 52.6 Å². The van der Waals surface area contributed by atoms with Gasteiger partial charge >= 0.3 is 6.18 Å². The highest BCUT2D eigenvalue weighted by atomic mass is 35.5. The Balaban J connectivity index is 1.36. The van der Waals surface area contributed by atoms with E-state index in [9.17, 15) is 22.8 Å². The number of rotatable bonds is 12. The highest BCUT2D eigenvalue weighted by Crippen LogP contribution is 2.37. The number of ether oxygens (including phenoxy) is 1. The van der Waals surface area contributed by atoms with Crippen molar-refractivity contribution in [3.8, 4) is 0 Å². The molecule has 3 N–H and O–H groups in total. The lowest BCUT2D eigenvalue weighted by Gasteiger charge is -2.15. The molecule has 2 amide bonds. The van der Waals surface area contributed by atoms with Crippen LogP contribution in [0.15, 0.2) is 49.2 Å². The molecular weight excluding hydrogens is 548 g/mol. The van der Waals surface area contributed by atoms with Crippen LogP contribution in [0.5, 0.6) is 0 Å². The van der Waals surface area contributed by atoms with Crippen molar-refractivity contribution in [2.45, 2.75) is 25.6 Å². The number of halogens is 5. The Morgan fingerprint density at radius 2 is 1.76 bits per heavy atom. The Labute approximate surface area is 226 Å². The van der Waals surface area contributed by atoms with Crippen LogP contribution < -0.4 is 16.0 Å². The van der Waals surface area contributed by atoms with Crippen molar-refractivity contribution in [1.29, 1.82) is 0 Å². The van der Waals surface area contributed by atoms with Crippen LogP contribution in [0, 0.1) is 0 Å². The van der Waals surface area contributed by atoms with E-state index in [1.165, 1.54) is 43.1 Å². The van der Waals surface area contributed by atoms with Gasteiger partial charge < -0.3 is 20.7 Å². The molecule has 0 unspecified atom stereocenters. The number of nitrogens with one attached hydrogen (secondary N) is 3. The van der Waals surface area contributed by atoms with Crippen LogP contribution in [0.25, 0.3) is 0 Å². The van der Waals surface area contributed by atoms with E-state index in [4.69, 9.17) is 27.9 Å². The molecule has 38 heavy (non-hydrogen) atoms. The number of carbonyl (C=O) groups excluding carboxylic acids is 2. The minimum atomic E-state index is -4.60. The predicted octanol–water partition coefficient (Wildman–Crippen LogP) is 4.78. The van der Waals surface area contributed by atoms with Gasteiger partial charge in [0.2, 0.25) is 5.91 Å². The third kappa shape index (κ3) is 9.12. The van der Waals surface area contributed by atoms with Gasteiger partial charge in [-0.1, -0.05) is 23.2 Å². The Hall–Kier alpha value is -3.48. The third-order valence-corrected chi connectivity index (χ3v) is 5.55. The summed E-state index contributed by atoms with van der Waals surface area (Å²) in [5.74, 6) is -0.574. The molecule has 2 heterocycles. The number of nitrogens with zero attached hydrogens (tertiary/aromatic N) is 3. The summed E-state index contributed by atoms with van der Waals surface area (Å²) >= 11 is 11.9. The summed E-state index contributed by atoms with van der Waals surface area (Å²) in [5.41, 5.74) is -0.179. The van der Waals surface area contributed by atoms with Crippen molar-refractivity contribution in [1.82, 2.24) is 25.6 Å². The van der Waals surface area contributed by atoms with Gasteiger partial charge in [-0.15, -0.1) is 0 Å². The molecule has 0 aliphatic heterocycles. The normalized spacial score (nSPS) is 11.2. The minimum absolute atomic E-state index is 0.0297. The summed E-state index contributed by atoms with van der Waals surface area (Å²) in [5, 5.41) is 8.14. The monoisotopic (exact) mass is 570 g/mol. The van der Waals surface area contributed by atoms with E-state index in [0.717, 1.165) is 6.07 Å². The second kappa shape index (κ2) is 13.9. The number of pyridine rings is 1. The van der Waals surface area contributed by atoms with Gasteiger partial charge in [0.25, 0.3) is 5.91 Å². The number of hydrogen-bond donors (Lipinski definition) is 3. The van der Waals surface area contributed by atoms with E-state index < -0.39 is 11.7 Å². The fourth-order valence-electron chi connectivity index (χ4n) is 3.11. The standard InChI is InChI=1S/C24H23Cl2F3N6O3/c25-16-2-3-20(18(8-16)24(27,28)29)35-17-9-19(26)21(33-12-17)13-34-22(36)4-7-38-6-1-5-32-23(37)15-10-30-14-31-11-15/h2-3,8-12,14,35H,1,4-7,13H2,(H,32,37)(H,34,36). The van der Waals surface area contributed by atoms with Crippen LogP contribution in [0.3, 0.4) is 0 Å². The van der Waals surface area contributed by atoms with E-state index in [1.807, 2.05) is 0 Å². The highest BCUT2D eigenvalue weighted by Gasteiger charge is 2.33. The van der Waals surface area contributed by atoms with Crippen LogP contribution in [-0.4, -0.2) is 46.5 Å². The van der Waals surface area contributed by atoms with E-state index in [-0.39, 0.29) is 52.8 Å². The number of anilines is 2. The number of aromatic nitrogens is 3. The van der Waals surface area contributed by atoms with Crippen molar-refractivity contribution in [2.24, 2.45) is 0 Å². The second-order valence-corrected chi connectivity index (χ2v) is 8.68. The van der Waals surface area contributed by atoms with Crippen LogP contribution in [0.2, 0.25) is 10.0 Å². The zero-order valence-electron chi connectivity index (χ0n) is 19.8. The summed E-state index contributed by atoms with van der Waals surface area (Å²) in [7, 11) is 0. The Bertz CT molecular complexity index is 1250. The summed E-state index contributed by atoms with van der Waals surface area (Å²) in [6.45, 7) is 0.954. The summed E-state index contributed by atoms with van der Waals surface area (Å²) in [6, 6.07) is 4.79. The summed E-state index contributed by atoms with van der Waals surface area (Å²) < 4.78 is 45.3. The average Bonchev–Trinajstić information content (AvgIpc) is 2.88. The molecule has 0 aliphatic carbocycles. The largest absolute Gasteiger partial charge is 0.418 e.